The smallest absolute Gasteiger partial charge is 0.327 e. The van der Waals surface area contributed by atoms with E-state index in [-0.39, 0.29) is 29.5 Å². The Bertz CT molecular complexity index is 1450. The Kier molecular flexibility index (Phi) is 6.05. The van der Waals surface area contributed by atoms with Crippen LogP contribution in [-0.2, 0) is 6.54 Å². The number of rotatable bonds is 6. The van der Waals surface area contributed by atoms with Crippen LogP contribution >= 0.6 is 0 Å². The van der Waals surface area contributed by atoms with E-state index in [0.717, 1.165) is 12.8 Å². The SMILES string of the molecule is CCN1C(=O)Nc2c(F)c(CN3CCN(c4ccc(C(=O)NC5CC5)c(F)c4F)CC3)cc3ncnc1c23. The number of piperazine rings is 1. The number of nitrogens with zero attached hydrogens (tertiary/aromatic N) is 5. The summed E-state index contributed by atoms with van der Waals surface area (Å²) in [5, 5.41) is 5.78. The number of amides is 3. The average molecular weight is 526 g/mol. The van der Waals surface area contributed by atoms with Crippen LogP contribution in [0.1, 0.15) is 35.7 Å². The molecule has 1 aliphatic carbocycles. The minimum absolute atomic E-state index is 0.0425. The molecule has 1 saturated carbocycles. The van der Waals surface area contributed by atoms with Crippen molar-refractivity contribution in [1.29, 1.82) is 0 Å². The normalized spacial score (nSPS) is 17.6. The van der Waals surface area contributed by atoms with Gasteiger partial charge in [0, 0.05) is 50.9 Å². The largest absolute Gasteiger partial charge is 0.367 e. The van der Waals surface area contributed by atoms with Crippen LogP contribution in [-0.4, -0.2) is 65.6 Å². The Labute approximate surface area is 216 Å². The van der Waals surface area contributed by atoms with Crippen molar-refractivity contribution in [3.63, 3.8) is 0 Å². The van der Waals surface area contributed by atoms with Gasteiger partial charge in [-0.25, -0.2) is 27.9 Å². The fraction of sp³-hybridized carbons (Fsp3) is 0.385. The van der Waals surface area contributed by atoms with E-state index in [9.17, 15) is 18.4 Å². The van der Waals surface area contributed by atoms with Crippen LogP contribution in [0.25, 0.3) is 10.9 Å². The molecule has 6 rings (SSSR count). The second-order valence-electron chi connectivity index (χ2n) is 9.76. The minimum atomic E-state index is -1.15. The van der Waals surface area contributed by atoms with E-state index in [1.807, 2.05) is 11.8 Å². The summed E-state index contributed by atoms with van der Waals surface area (Å²) in [6.07, 6.45) is 3.06. The molecule has 38 heavy (non-hydrogen) atoms. The molecule has 12 heteroatoms. The molecule has 0 bridgehead atoms. The van der Waals surface area contributed by atoms with Gasteiger partial charge in [-0.3, -0.25) is 14.6 Å². The molecule has 2 aliphatic heterocycles. The molecule has 0 atom stereocenters. The van der Waals surface area contributed by atoms with E-state index in [1.165, 1.54) is 23.4 Å². The lowest BCUT2D eigenvalue weighted by atomic mass is 10.1. The van der Waals surface area contributed by atoms with Crippen molar-refractivity contribution in [2.45, 2.75) is 32.4 Å². The lowest BCUT2D eigenvalue weighted by Gasteiger charge is -2.36. The molecular weight excluding hydrogens is 499 g/mol. The summed E-state index contributed by atoms with van der Waals surface area (Å²) in [5.74, 6) is -2.96. The fourth-order valence-corrected chi connectivity index (χ4v) is 5.08. The zero-order chi connectivity index (χ0) is 26.6. The van der Waals surface area contributed by atoms with E-state index in [0.29, 0.717) is 55.0 Å². The fourth-order valence-electron chi connectivity index (χ4n) is 5.08. The zero-order valence-corrected chi connectivity index (χ0v) is 20.7. The molecule has 2 fully saturated rings. The molecule has 198 valence electrons. The van der Waals surface area contributed by atoms with Gasteiger partial charge in [0.1, 0.15) is 12.1 Å². The number of carbonyl (C=O) groups is 2. The predicted octanol–water partition coefficient (Wildman–Crippen LogP) is 3.63. The van der Waals surface area contributed by atoms with Crippen LogP contribution in [0.2, 0.25) is 0 Å². The van der Waals surface area contributed by atoms with Gasteiger partial charge < -0.3 is 15.5 Å². The highest BCUT2D eigenvalue weighted by Crippen LogP contribution is 2.38. The lowest BCUT2D eigenvalue weighted by Crippen LogP contribution is -2.46. The van der Waals surface area contributed by atoms with Gasteiger partial charge in [0.25, 0.3) is 5.91 Å². The molecule has 3 aliphatic rings. The minimum Gasteiger partial charge on any atom is -0.367 e. The molecule has 1 aromatic heterocycles. The van der Waals surface area contributed by atoms with Crippen LogP contribution < -0.4 is 20.4 Å². The van der Waals surface area contributed by atoms with Crippen LogP contribution in [0.4, 0.5) is 35.2 Å². The number of urea groups is 1. The third kappa shape index (κ3) is 4.18. The van der Waals surface area contributed by atoms with Crippen molar-refractivity contribution in [3.8, 4) is 0 Å². The van der Waals surface area contributed by atoms with Gasteiger partial charge >= 0.3 is 6.03 Å². The highest BCUT2D eigenvalue weighted by molar-refractivity contribution is 6.17. The maximum Gasteiger partial charge on any atom is 0.327 e. The van der Waals surface area contributed by atoms with E-state index >= 15 is 4.39 Å². The predicted molar refractivity (Wildman–Crippen MR) is 136 cm³/mol. The summed E-state index contributed by atoms with van der Waals surface area (Å²) in [5.41, 5.74) is 0.776. The van der Waals surface area contributed by atoms with Crippen molar-refractivity contribution in [2.75, 3.05) is 47.8 Å². The highest BCUT2D eigenvalue weighted by atomic mass is 19.2. The van der Waals surface area contributed by atoms with Crippen molar-refractivity contribution in [3.05, 3.63) is 53.1 Å². The molecule has 9 nitrogen and oxygen atoms in total. The van der Waals surface area contributed by atoms with Gasteiger partial charge in [0.15, 0.2) is 17.5 Å². The first kappa shape index (κ1) is 24.4. The Balaban J connectivity index is 1.18. The third-order valence-corrected chi connectivity index (χ3v) is 7.29. The molecule has 0 spiro atoms. The number of anilines is 3. The first-order valence-electron chi connectivity index (χ1n) is 12.7. The van der Waals surface area contributed by atoms with Crippen molar-refractivity contribution >= 4 is 40.0 Å². The Morgan fingerprint density at radius 1 is 1.08 bits per heavy atom. The van der Waals surface area contributed by atoms with Crippen molar-refractivity contribution in [2.24, 2.45) is 0 Å². The molecule has 3 amide bonds. The molecule has 2 aromatic carbocycles. The number of carbonyl (C=O) groups excluding carboxylic acids is 2. The Morgan fingerprint density at radius 3 is 2.55 bits per heavy atom. The van der Waals surface area contributed by atoms with Gasteiger partial charge in [0.2, 0.25) is 0 Å². The van der Waals surface area contributed by atoms with Crippen LogP contribution in [0.5, 0.6) is 0 Å². The summed E-state index contributed by atoms with van der Waals surface area (Å²) in [6, 6.07) is 4.01. The van der Waals surface area contributed by atoms with E-state index in [2.05, 4.69) is 20.6 Å². The first-order chi connectivity index (χ1) is 18.4. The molecule has 3 heterocycles. The summed E-state index contributed by atoms with van der Waals surface area (Å²) in [6.45, 7) is 4.18. The molecular formula is C26H26F3N7O2. The third-order valence-electron chi connectivity index (χ3n) is 7.29. The molecule has 3 aromatic rings. The van der Waals surface area contributed by atoms with E-state index < -0.39 is 29.4 Å². The second-order valence-corrected chi connectivity index (χ2v) is 9.76. The topological polar surface area (TPSA) is 93.7 Å². The molecule has 0 unspecified atom stereocenters. The summed E-state index contributed by atoms with van der Waals surface area (Å²) in [7, 11) is 0. The summed E-state index contributed by atoms with van der Waals surface area (Å²) >= 11 is 0. The number of hydrogen-bond acceptors (Lipinski definition) is 6. The van der Waals surface area contributed by atoms with E-state index in [1.54, 1.807) is 11.0 Å². The number of nitrogens with one attached hydrogen (secondary N) is 2. The first-order valence-corrected chi connectivity index (χ1v) is 12.7. The van der Waals surface area contributed by atoms with Crippen molar-refractivity contribution in [1.82, 2.24) is 20.2 Å². The average Bonchev–Trinajstić information content (AvgIpc) is 3.73. The summed E-state index contributed by atoms with van der Waals surface area (Å²) in [4.78, 5) is 38.4. The summed E-state index contributed by atoms with van der Waals surface area (Å²) < 4.78 is 45.1. The van der Waals surface area contributed by atoms with Gasteiger partial charge in [0.05, 0.1) is 27.8 Å². The number of hydrogen-bond donors (Lipinski definition) is 2. The number of halogens is 3. The van der Waals surface area contributed by atoms with Gasteiger partial charge in [-0.05, 0) is 38.0 Å². The highest BCUT2D eigenvalue weighted by Gasteiger charge is 2.31. The van der Waals surface area contributed by atoms with Gasteiger partial charge in [-0.15, -0.1) is 0 Å². The second kappa shape index (κ2) is 9.43. The zero-order valence-electron chi connectivity index (χ0n) is 20.7. The molecule has 0 radical (unpaired) electrons. The Hall–Kier alpha value is -3.93. The van der Waals surface area contributed by atoms with E-state index in [4.69, 9.17) is 0 Å². The molecule has 1 saturated heterocycles. The van der Waals surface area contributed by atoms with Crippen LogP contribution in [0, 0.1) is 17.5 Å². The van der Waals surface area contributed by atoms with Crippen LogP contribution in [0.15, 0.2) is 24.5 Å². The van der Waals surface area contributed by atoms with Crippen LogP contribution in [0.3, 0.4) is 0 Å². The van der Waals surface area contributed by atoms with Gasteiger partial charge in [-0.2, -0.15) is 0 Å². The lowest BCUT2D eigenvalue weighted by molar-refractivity contribution is 0.0946. The standard InChI is InChI=1S/C26H26F3N7O2/c1-2-36-24-19-17(30-13-31-24)11-14(20(27)23(19)33-26(36)38)12-34-7-9-35(10-8-34)18-6-5-16(21(28)22(18)29)25(37)32-15-3-4-15/h5-6,11,13,15H,2-4,7-10,12H2,1H3,(H,32,37)(H,33,38). The quantitative estimate of drug-likeness (QED) is 0.511. The molecule has 2 N–H and O–H groups in total. The van der Waals surface area contributed by atoms with Crippen molar-refractivity contribution < 1.29 is 22.8 Å². The maximum atomic E-state index is 15.6. The number of benzene rings is 2. The van der Waals surface area contributed by atoms with Gasteiger partial charge in [-0.1, -0.05) is 0 Å². The Morgan fingerprint density at radius 2 is 1.84 bits per heavy atom. The number of aromatic nitrogens is 2. The monoisotopic (exact) mass is 525 g/mol. The maximum absolute atomic E-state index is 15.6.